The SMILES string of the molecule is NCCc1cn(S(=O)(=O)c2ccc3c(c2)OCC3)c2cccnc12.NCCc1cn(S(=O)(=O)c2cccc3c2OCC3)c2cccnc12. The molecule has 2 aliphatic heterocycles. The summed E-state index contributed by atoms with van der Waals surface area (Å²) < 4.78 is 66.4. The number of ether oxygens (including phenoxy) is 2. The second-order valence-corrected chi connectivity index (χ2v) is 15.0. The molecule has 0 saturated heterocycles. The van der Waals surface area contributed by atoms with Gasteiger partial charge < -0.3 is 20.9 Å². The predicted octanol–water partition coefficient (Wildman–Crippen LogP) is 3.42. The number of hydrogen-bond donors (Lipinski definition) is 2. The lowest BCUT2D eigenvalue weighted by atomic mass is 10.2. The first-order valence-electron chi connectivity index (χ1n) is 15.6. The van der Waals surface area contributed by atoms with Crippen molar-refractivity contribution in [1.82, 2.24) is 17.9 Å². The topological polar surface area (TPSA) is 174 Å². The molecule has 0 spiro atoms. The third-order valence-corrected chi connectivity index (χ3v) is 11.8. The summed E-state index contributed by atoms with van der Waals surface area (Å²) in [6, 6.07) is 17.3. The fourth-order valence-corrected chi connectivity index (χ4v) is 9.13. The molecule has 4 N–H and O–H groups in total. The predicted molar refractivity (Wildman–Crippen MR) is 181 cm³/mol. The summed E-state index contributed by atoms with van der Waals surface area (Å²) >= 11 is 0. The molecule has 8 rings (SSSR count). The van der Waals surface area contributed by atoms with Gasteiger partial charge in [0.1, 0.15) is 16.4 Å². The van der Waals surface area contributed by atoms with Gasteiger partial charge in [-0.2, -0.15) is 0 Å². The fraction of sp³-hybridized carbons (Fsp3) is 0.235. The summed E-state index contributed by atoms with van der Waals surface area (Å²) in [5.41, 5.74) is 17.3. The number of benzene rings is 2. The molecule has 4 aromatic heterocycles. The molecule has 6 heterocycles. The first-order valence-corrected chi connectivity index (χ1v) is 18.4. The highest BCUT2D eigenvalue weighted by Gasteiger charge is 2.29. The Hall–Kier alpha value is -4.76. The monoisotopic (exact) mass is 686 g/mol. The van der Waals surface area contributed by atoms with Gasteiger partial charge in [-0.15, -0.1) is 0 Å². The van der Waals surface area contributed by atoms with Crippen LogP contribution < -0.4 is 20.9 Å². The van der Waals surface area contributed by atoms with Crippen molar-refractivity contribution >= 4 is 42.1 Å². The van der Waals surface area contributed by atoms with E-state index in [4.69, 9.17) is 20.9 Å². The normalized spacial score (nSPS) is 13.9. The number of fused-ring (bicyclic) bond motifs is 4. The number of hydrogen-bond acceptors (Lipinski definition) is 10. The molecule has 0 amide bonds. The Morgan fingerprint density at radius 2 is 1.29 bits per heavy atom. The number of rotatable bonds is 8. The molecule has 2 aromatic carbocycles. The van der Waals surface area contributed by atoms with E-state index in [2.05, 4.69) is 9.97 Å². The van der Waals surface area contributed by atoms with Gasteiger partial charge in [-0.05, 0) is 84.6 Å². The second kappa shape index (κ2) is 12.7. The highest BCUT2D eigenvalue weighted by atomic mass is 32.2. The summed E-state index contributed by atoms with van der Waals surface area (Å²) in [7, 11) is -7.51. The molecule has 0 saturated carbocycles. The van der Waals surface area contributed by atoms with Crippen LogP contribution >= 0.6 is 0 Å². The van der Waals surface area contributed by atoms with E-state index in [0.29, 0.717) is 72.7 Å². The standard InChI is InChI=1S/2C17H17N3O3S/c18-8-6-13-11-20(14-4-2-9-19-16(13)14)24(21,22)15-5-1-3-12-7-10-23-17(12)15;18-7-5-13-11-20(15-2-1-8-19-17(13)15)24(21,22)14-4-3-12-6-9-23-16(12)10-14/h1-5,9,11H,6-8,10,18H2;1-4,8,10-11H,5-7,9,18H2. The largest absolute Gasteiger partial charge is 0.493 e. The van der Waals surface area contributed by atoms with Crippen LogP contribution in [0.5, 0.6) is 11.5 Å². The number of para-hydroxylation sites is 1. The molecule has 2 aliphatic rings. The van der Waals surface area contributed by atoms with E-state index in [1.165, 1.54) is 7.94 Å². The van der Waals surface area contributed by atoms with Crippen molar-refractivity contribution in [2.45, 2.75) is 35.5 Å². The van der Waals surface area contributed by atoms with Gasteiger partial charge in [0.05, 0.1) is 40.2 Å². The van der Waals surface area contributed by atoms with Gasteiger partial charge >= 0.3 is 0 Å². The van der Waals surface area contributed by atoms with Crippen molar-refractivity contribution < 1.29 is 26.3 Å². The molecule has 248 valence electrons. The number of nitrogens with two attached hydrogens (primary N) is 2. The lowest BCUT2D eigenvalue weighted by molar-refractivity contribution is 0.348. The van der Waals surface area contributed by atoms with Crippen LogP contribution in [-0.4, -0.2) is 61.1 Å². The molecule has 0 atom stereocenters. The first-order chi connectivity index (χ1) is 23.2. The zero-order valence-corrected chi connectivity index (χ0v) is 27.6. The lowest BCUT2D eigenvalue weighted by Crippen LogP contribution is -2.13. The Bertz CT molecular complexity index is 2380. The molecule has 0 fully saturated rings. The minimum atomic E-state index is -3.78. The van der Waals surface area contributed by atoms with Crippen LogP contribution in [0.15, 0.2) is 95.2 Å². The molecule has 0 radical (unpaired) electrons. The van der Waals surface area contributed by atoms with Gasteiger partial charge in [-0.3, -0.25) is 9.97 Å². The Labute approximate surface area is 278 Å². The van der Waals surface area contributed by atoms with Gasteiger partial charge in [0, 0.05) is 43.7 Å². The molecular formula is C34H34N6O6S2. The quantitative estimate of drug-likeness (QED) is 0.242. The van der Waals surface area contributed by atoms with Gasteiger partial charge in [-0.1, -0.05) is 18.2 Å². The highest BCUT2D eigenvalue weighted by molar-refractivity contribution is 7.90. The fourth-order valence-electron chi connectivity index (χ4n) is 6.18. The molecule has 6 aromatic rings. The average Bonchev–Trinajstić information content (AvgIpc) is 3.90. The third kappa shape index (κ3) is 5.49. The van der Waals surface area contributed by atoms with E-state index < -0.39 is 20.0 Å². The summed E-state index contributed by atoms with van der Waals surface area (Å²) in [6.45, 7) is 1.96. The van der Waals surface area contributed by atoms with Crippen LogP contribution in [0.25, 0.3) is 22.1 Å². The maximum Gasteiger partial charge on any atom is 0.271 e. The molecular weight excluding hydrogens is 653 g/mol. The highest BCUT2D eigenvalue weighted by Crippen LogP contribution is 2.36. The van der Waals surface area contributed by atoms with E-state index in [1.807, 2.05) is 12.1 Å². The van der Waals surface area contributed by atoms with E-state index in [0.717, 1.165) is 35.1 Å². The van der Waals surface area contributed by atoms with Crippen molar-refractivity contribution in [3.63, 3.8) is 0 Å². The molecule has 0 bridgehead atoms. The van der Waals surface area contributed by atoms with Crippen LogP contribution in [0.4, 0.5) is 0 Å². The average molecular weight is 687 g/mol. The molecule has 48 heavy (non-hydrogen) atoms. The van der Waals surface area contributed by atoms with Crippen molar-refractivity contribution in [2.75, 3.05) is 26.3 Å². The minimum absolute atomic E-state index is 0.192. The Morgan fingerprint density at radius 3 is 1.94 bits per heavy atom. The maximum absolute atomic E-state index is 13.2. The molecule has 12 nitrogen and oxygen atoms in total. The van der Waals surface area contributed by atoms with E-state index in [1.54, 1.807) is 73.3 Å². The van der Waals surface area contributed by atoms with Crippen molar-refractivity contribution in [3.8, 4) is 11.5 Å². The van der Waals surface area contributed by atoms with E-state index >= 15 is 0 Å². The van der Waals surface area contributed by atoms with Gasteiger partial charge in [0.15, 0.2) is 0 Å². The van der Waals surface area contributed by atoms with Gasteiger partial charge in [0.25, 0.3) is 20.0 Å². The van der Waals surface area contributed by atoms with Crippen LogP contribution in [-0.2, 0) is 45.7 Å². The van der Waals surface area contributed by atoms with Crippen LogP contribution in [0, 0.1) is 0 Å². The first kappa shape index (κ1) is 31.8. The minimum Gasteiger partial charge on any atom is -0.493 e. The van der Waals surface area contributed by atoms with Gasteiger partial charge in [0.2, 0.25) is 0 Å². The Balaban J connectivity index is 0.000000152. The van der Waals surface area contributed by atoms with Crippen molar-refractivity contribution in [2.24, 2.45) is 11.5 Å². The Morgan fingerprint density at radius 1 is 0.688 bits per heavy atom. The van der Waals surface area contributed by atoms with E-state index in [-0.39, 0.29) is 9.79 Å². The molecule has 14 heteroatoms. The zero-order valence-electron chi connectivity index (χ0n) is 25.9. The Kier molecular flexibility index (Phi) is 8.41. The van der Waals surface area contributed by atoms with E-state index in [9.17, 15) is 16.8 Å². The number of nitrogens with zero attached hydrogens (tertiary/aromatic N) is 4. The number of pyridine rings is 2. The molecule has 0 unspecified atom stereocenters. The zero-order chi connectivity index (χ0) is 33.5. The van der Waals surface area contributed by atoms with Crippen molar-refractivity contribution in [1.29, 1.82) is 0 Å². The summed E-state index contributed by atoms with van der Waals surface area (Å²) in [5, 5.41) is 0. The van der Waals surface area contributed by atoms with Gasteiger partial charge in [-0.25, -0.2) is 24.8 Å². The number of aromatic nitrogens is 4. The molecule has 0 aliphatic carbocycles. The van der Waals surface area contributed by atoms with Crippen LogP contribution in [0.3, 0.4) is 0 Å². The smallest absolute Gasteiger partial charge is 0.271 e. The third-order valence-electron chi connectivity index (χ3n) is 8.47. The van der Waals surface area contributed by atoms with Crippen LogP contribution in [0.2, 0.25) is 0 Å². The van der Waals surface area contributed by atoms with Crippen molar-refractivity contribution in [3.05, 3.63) is 108 Å². The van der Waals surface area contributed by atoms with Crippen LogP contribution in [0.1, 0.15) is 22.3 Å². The lowest BCUT2D eigenvalue weighted by Gasteiger charge is -2.11. The summed E-state index contributed by atoms with van der Waals surface area (Å²) in [4.78, 5) is 9.05. The maximum atomic E-state index is 13.2. The second-order valence-electron chi connectivity index (χ2n) is 11.4. The summed E-state index contributed by atoms with van der Waals surface area (Å²) in [6.07, 6.45) is 9.23. The summed E-state index contributed by atoms with van der Waals surface area (Å²) in [5.74, 6) is 1.11.